The SMILES string of the molecule is Cc1cnn(C(C)C)c1-n1c(=O)nc(N2CCN(C(=O)O)C[C@@H]2C)c2cc(Cl)c(Cl)nc21. The summed E-state index contributed by atoms with van der Waals surface area (Å²) in [6.07, 6.45) is 0.713. The number of nitrogens with zero attached hydrogens (tertiary/aromatic N) is 7. The van der Waals surface area contributed by atoms with Crippen LogP contribution in [0.1, 0.15) is 32.4 Å². The van der Waals surface area contributed by atoms with E-state index in [0.29, 0.717) is 35.8 Å². The Morgan fingerprint density at radius 3 is 2.59 bits per heavy atom. The van der Waals surface area contributed by atoms with E-state index in [0.717, 1.165) is 5.56 Å². The van der Waals surface area contributed by atoms with Gasteiger partial charge in [-0.05, 0) is 33.8 Å². The minimum absolute atomic E-state index is 0.00721. The third-order valence-corrected chi connectivity index (χ3v) is 6.25. The van der Waals surface area contributed by atoms with Gasteiger partial charge in [-0.25, -0.2) is 23.8 Å². The molecule has 0 saturated carbocycles. The minimum Gasteiger partial charge on any atom is -0.465 e. The molecule has 1 saturated heterocycles. The molecule has 1 amide bonds. The van der Waals surface area contributed by atoms with Crippen molar-refractivity contribution in [2.45, 2.75) is 39.8 Å². The molecule has 1 aliphatic heterocycles. The molecule has 12 heteroatoms. The normalized spacial score (nSPS) is 16.9. The topological polar surface area (TPSA) is 109 Å². The number of rotatable bonds is 3. The largest absolute Gasteiger partial charge is 0.465 e. The number of pyridine rings is 1. The first-order chi connectivity index (χ1) is 15.1. The number of hydrogen-bond acceptors (Lipinski definition) is 6. The summed E-state index contributed by atoms with van der Waals surface area (Å²) in [5.74, 6) is 0.960. The molecule has 1 atom stereocenters. The monoisotopic (exact) mass is 479 g/mol. The number of hydrogen-bond donors (Lipinski definition) is 1. The molecule has 0 unspecified atom stereocenters. The van der Waals surface area contributed by atoms with Gasteiger partial charge < -0.3 is 14.9 Å². The lowest BCUT2D eigenvalue weighted by molar-refractivity contribution is 0.136. The van der Waals surface area contributed by atoms with E-state index in [9.17, 15) is 14.7 Å². The first-order valence-electron chi connectivity index (χ1n) is 10.2. The van der Waals surface area contributed by atoms with Crippen molar-refractivity contribution < 1.29 is 9.90 Å². The van der Waals surface area contributed by atoms with Crippen LogP contribution in [-0.2, 0) is 0 Å². The lowest BCUT2D eigenvalue weighted by Gasteiger charge is -2.39. The van der Waals surface area contributed by atoms with Gasteiger partial charge in [0.1, 0.15) is 16.8 Å². The summed E-state index contributed by atoms with van der Waals surface area (Å²) in [5.41, 5.74) is 0.567. The molecule has 32 heavy (non-hydrogen) atoms. The Morgan fingerprint density at radius 1 is 1.25 bits per heavy atom. The van der Waals surface area contributed by atoms with Gasteiger partial charge >= 0.3 is 11.8 Å². The van der Waals surface area contributed by atoms with Crippen LogP contribution in [-0.4, -0.2) is 66.1 Å². The molecule has 10 nitrogen and oxygen atoms in total. The Morgan fingerprint density at radius 2 is 1.97 bits per heavy atom. The molecule has 1 aliphatic rings. The number of fused-ring (bicyclic) bond motifs is 1. The molecule has 0 aliphatic carbocycles. The average molecular weight is 480 g/mol. The molecule has 0 bridgehead atoms. The van der Waals surface area contributed by atoms with E-state index in [1.165, 1.54) is 9.47 Å². The summed E-state index contributed by atoms with van der Waals surface area (Å²) in [6, 6.07) is 1.43. The summed E-state index contributed by atoms with van der Waals surface area (Å²) in [4.78, 5) is 36.8. The van der Waals surface area contributed by atoms with Gasteiger partial charge in [-0.3, -0.25) is 0 Å². The van der Waals surface area contributed by atoms with Gasteiger partial charge in [-0.2, -0.15) is 10.1 Å². The van der Waals surface area contributed by atoms with Crippen LogP contribution in [0.25, 0.3) is 16.9 Å². The van der Waals surface area contributed by atoms with E-state index in [-0.39, 0.29) is 28.8 Å². The number of carboxylic acid groups (broad SMARTS) is 1. The van der Waals surface area contributed by atoms with Crippen molar-refractivity contribution in [3.8, 4) is 5.82 Å². The average Bonchev–Trinajstić information content (AvgIpc) is 3.10. The zero-order chi connectivity index (χ0) is 23.3. The molecule has 0 radical (unpaired) electrons. The molecule has 1 fully saturated rings. The van der Waals surface area contributed by atoms with Gasteiger partial charge in [0.15, 0.2) is 5.65 Å². The van der Waals surface area contributed by atoms with E-state index in [1.54, 1.807) is 16.9 Å². The van der Waals surface area contributed by atoms with Crippen LogP contribution >= 0.6 is 23.2 Å². The van der Waals surface area contributed by atoms with Crippen molar-refractivity contribution in [3.05, 3.63) is 38.5 Å². The van der Waals surface area contributed by atoms with Crippen molar-refractivity contribution in [1.29, 1.82) is 0 Å². The highest BCUT2D eigenvalue weighted by Gasteiger charge is 2.30. The zero-order valence-corrected chi connectivity index (χ0v) is 19.6. The number of aryl methyl sites for hydroxylation is 1. The maximum Gasteiger partial charge on any atom is 0.407 e. The lowest BCUT2D eigenvalue weighted by Crippen LogP contribution is -2.54. The molecular formula is C20H23Cl2N7O3. The molecule has 0 aromatic carbocycles. The number of anilines is 1. The summed E-state index contributed by atoms with van der Waals surface area (Å²) in [5, 5.41) is 14.6. The van der Waals surface area contributed by atoms with Crippen LogP contribution in [0, 0.1) is 6.92 Å². The standard InChI is InChI=1S/C20H23Cl2N7O3/c1-10(2)29-18(11(3)8-23-29)28-17-13(7-14(21)15(22)24-17)16(25-19(28)30)27-6-5-26(20(31)32)9-12(27)4/h7-8,10,12H,5-6,9H2,1-4H3,(H,31,32)/t12-/m0/s1. The highest BCUT2D eigenvalue weighted by molar-refractivity contribution is 6.41. The molecule has 0 spiro atoms. The molecule has 1 N–H and O–H groups in total. The van der Waals surface area contributed by atoms with Gasteiger partial charge in [0.25, 0.3) is 0 Å². The van der Waals surface area contributed by atoms with Crippen molar-refractivity contribution in [1.82, 2.24) is 29.2 Å². The minimum atomic E-state index is -0.973. The fourth-order valence-electron chi connectivity index (χ4n) is 4.04. The number of aromatic nitrogens is 5. The number of piperazine rings is 1. The quantitative estimate of drug-likeness (QED) is 0.573. The third-order valence-electron chi connectivity index (χ3n) is 5.58. The van der Waals surface area contributed by atoms with Crippen LogP contribution in [0.15, 0.2) is 17.1 Å². The molecular weight excluding hydrogens is 457 g/mol. The second-order valence-corrected chi connectivity index (χ2v) is 8.91. The first-order valence-corrected chi connectivity index (χ1v) is 10.9. The van der Waals surface area contributed by atoms with Crippen molar-refractivity contribution >= 4 is 46.1 Å². The fraction of sp³-hybridized carbons (Fsp3) is 0.450. The smallest absolute Gasteiger partial charge is 0.407 e. The highest BCUT2D eigenvalue weighted by Crippen LogP contribution is 2.32. The van der Waals surface area contributed by atoms with E-state index >= 15 is 0 Å². The van der Waals surface area contributed by atoms with E-state index in [2.05, 4.69) is 15.1 Å². The van der Waals surface area contributed by atoms with Gasteiger partial charge in [0.05, 0.1) is 16.6 Å². The van der Waals surface area contributed by atoms with Gasteiger partial charge in [-0.15, -0.1) is 0 Å². The van der Waals surface area contributed by atoms with E-state index in [4.69, 9.17) is 23.2 Å². The van der Waals surface area contributed by atoms with Gasteiger partial charge in [0, 0.05) is 37.3 Å². The van der Waals surface area contributed by atoms with Crippen LogP contribution < -0.4 is 10.6 Å². The molecule has 3 aromatic rings. The van der Waals surface area contributed by atoms with Crippen molar-refractivity contribution in [3.63, 3.8) is 0 Å². The first kappa shape index (κ1) is 22.3. The Kier molecular flexibility index (Phi) is 5.76. The molecule has 4 heterocycles. The Balaban J connectivity index is 1.97. The summed E-state index contributed by atoms with van der Waals surface area (Å²) >= 11 is 12.5. The van der Waals surface area contributed by atoms with Gasteiger partial charge in [0.2, 0.25) is 0 Å². The Hall–Kier alpha value is -2.85. The van der Waals surface area contributed by atoms with Gasteiger partial charge in [-0.1, -0.05) is 23.2 Å². The summed E-state index contributed by atoms with van der Waals surface area (Å²) < 4.78 is 3.14. The predicted molar refractivity (Wildman–Crippen MR) is 122 cm³/mol. The van der Waals surface area contributed by atoms with E-state index < -0.39 is 11.8 Å². The Bertz CT molecular complexity index is 1270. The highest BCUT2D eigenvalue weighted by atomic mass is 35.5. The fourth-order valence-corrected chi connectivity index (χ4v) is 4.32. The molecule has 170 valence electrons. The number of amides is 1. The van der Waals surface area contributed by atoms with Crippen LogP contribution in [0.5, 0.6) is 0 Å². The van der Waals surface area contributed by atoms with Crippen LogP contribution in [0.4, 0.5) is 10.6 Å². The second-order valence-electron chi connectivity index (χ2n) is 8.15. The molecule has 3 aromatic heterocycles. The predicted octanol–water partition coefficient (Wildman–Crippen LogP) is 3.36. The molecule has 4 rings (SSSR count). The van der Waals surface area contributed by atoms with E-state index in [1.807, 2.05) is 32.6 Å². The number of carbonyl (C=O) groups is 1. The summed E-state index contributed by atoms with van der Waals surface area (Å²) in [7, 11) is 0. The van der Waals surface area contributed by atoms with Crippen molar-refractivity contribution in [2.24, 2.45) is 0 Å². The van der Waals surface area contributed by atoms with Crippen LogP contribution in [0.3, 0.4) is 0 Å². The lowest BCUT2D eigenvalue weighted by atomic mass is 10.1. The maximum atomic E-state index is 13.4. The van der Waals surface area contributed by atoms with Crippen LogP contribution in [0.2, 0.25) is 10.2 Å². The zero-order valence-electron chi connectivity index (χ0n) is 18.1. The Labute approximate surface area is 194 Å². The third kappa shape index (κ3) is 3.67. The number of halogens is 2. The maximum absolute atomic E-state index is 13.4. The summed E-state index contributed by atoms with van der Waals surface area (Å²) in [6.45, 7) is 8.63. The second kappa shape index (κ2) is 8.25. The van der Waals surface area contributed by atoms with Crippen molar-refractivity contribution in [2.75, 3.05) is 24.5 Å².